The maximum atomic E-state index is 9.63. The third-order valence-electron chi connectivity index (χ3n) is 2.81. The molecule has 2 nitrogen and oxygen atoms in total. The average molecular weight is 243 g/mol. The molecule has 2 N–H and O–H groups in total. The van der Waals surface area contributed by atoms with Crippen LogP contribution in [0.1, 0.15) is 30.9 Å². The Kier molecular flexibility index (Phi) is 5.26. The molecule has 1 aromatic rings. The summed E-state index contributed by atoms with van der Waals surface area (Å²) < 4.78 is 0. The van der Waals surface area contributed by atoms with Crippen molar-refractivity contribution in [3.8, 4) is 0 Å². The van der Waals surface area contributed by atoms with Crippen molar-refractivity contribution in [2.75, 3.05) is 0 Å². The maximum absolute atomic E-state index is 9.63. The predicted octanol–water partition coefficient (Wildman–Crippen LogP) is 2.71. The van der Waals surface area contributed by atoms with Crippen molar-refractivity contribution in [1.82, 2.24) is 0 Å². The van der Waals surface area contributed by atoms with Crippen LogP contribution in [0.4, 0.5) is 0 Å². The standard InChI is InChI=1S/C13H19ClO2/c1-3-12(15)13(16)7-5-10-4-6-11(14)9(2)8-10/h4,6,8,12-13,15-16H,3,5,7H2,1-2H3. The first kappa shape index (κ1) is 13.5. The Bertz CT molecular complexity index is 339. The van der Waals surface area contributed by atoms with E-state index in [1.807, 2.05) is 32.0 Å². The van der Waals surface area contributed by atoms with Gasteiger partial charge in [0.1, 0.15) is 0 Å². The van der Waals surface area contributed by atoms with E-state index in [-0.39, 0.29) is 0 Å². The fourth-order valence-electron chi connectivity index (χ4n) is 1.64. The molecular weight excluding hydrogens is 224 g/mol. The van der Waals surface area contributed by atoms with Gasteiger partial charge in [-0.3, -0.25) is 0 Å². The smallest absolute Gasteiger partial charge is 0.0802 e. The van der Waals surface area contributed by atoms with Crippen LogP contribution in [0.5, 0.6) is 0 Å². The first-order valence-corrected chi connectivity index (χ1v) is 6.03. The quantitative estimate of drug-likeness (QED) is 0.834. The van der Waals surface area contributed by atoms with Crippen LogP contribution in [-0.4, -0.2) is 22.4 Å². The molecule has 0 saturated heterocycles. The molecule has 0 aliphatic carbocycles. The maximum Gasteiger partial charge on any atom is 0.0802 e. The number of aryl methyl sites for hydroxylation is 2. The van der Waals surface area contributed by atoms with E-state index in [0.717, 1.165) is 22.6 Å². The van der Waals surface area contributed by atoms with Gasteiger partial charge in [0, 0.05) is 5.02 Å². The SMILES string of the molecule is CCC(O)C(O)CCc1ccc(Cl)c(C)c1. The molecule has 0 amide bonds. The second-order valence-corrected chi connectivity index (χ2v) is 4.57. The Hall–Kier alpha value is -0.570. The normalized spacial score (nSPS) is 14.8. The van der Waals surface area contributed by atoms with Crippen molar-refractivity contribution in [3.05, 3.63) is 34.3 Å². The lowest BCUT2D eigenvalue weighted by Crippen LogP contribution is -2.25. The van der Waals surface area contributed by atoms with Gasteiger partial charge in [-0.15, -0.1) is 0 Å². The Morgan fingerprint density at radius 2 is 1.94 bits per heavy atom. The van der Waals surface area contributed by atoms with Crippen LogP contribution in [0.15, 0.2) is 18.2 Å². The molecule has 0 radical (unpaired) electrons. The number of benzene rings is 1. The minimum atomic E-state index is -0.638. The van der Waals surface area contributed by atoms with E-state index in [2.05, 4.69) is 0 Å². The number of aliphatic hydroxyl groups is 2. The molecule has 16 heavy (non-hydrogen) atoms. The Morgan fingerprint density at radius 3 is 2.50 bits per heavy atom. The molecule has 1 rings (SSSR count). The zero-order valence-corrected chi connectivity index (χ0v) is 10.5. The van der Waals surface area contributed by atoms with Crippen LogP contribution in [0.3, 0.4) is 0 Å². The summed E-state index contributed by atoms with van der Waals surface area (Å²) >= 11 is 5.93. The van der Waals surface area contributed by atoms with Crippen molar-refractivity contribution in [2.45, 2.75) is 45.3 Å². The summed E-state index contributed by atoms with van der Waals surface area (Å²) in [6, 6.07) is 5.85. The number of aliphatic hydroxyl groups excluding tert-OH is 2. The first-order chi connectivity index (χ1) is 7.54. The van der Waals surface area contributed by atoms with Gasteiger partial charge in [-0.25, -0.2) is 0 Å². The van der Waals surface area contributed by atoms with Gasteiger partial charge < -0.3 is 10.2 Å². The highest BCUT2D eigenvalue weighted by Gasteiger charge is 2.13. The van der Waals surface area contributed by atoms with E-state index in [9.17, 15) is 10.2 Å². The summed E-state index contributed by atoms with van der Waals surface area (Å²) in [6.45, 7) is 3.82. The summed E-state index contributed by atoms with van der Waals surface area (Å²) in [5.74, 6) is 0. The molecule has 0 fully saturated rings. The Morgan fingerprint density at radius 1 is 1.25 bits per heavy atom. The largest absolute Gasteiger partial charge is 0.390 e. The molecule has 2 atom stereocenters. The van der Waals surface area contributed by atoms with E-state index in [4.69, 9.17) is 11.6 Å². The van der Waals surface area contributed by atoms with E-state index < -0.39 is 12.2 Å². The summed E-state index contributed by atoms with van der Waals surface area (Å²) in [4.78, 5) is 0. The van der Waals surface area contributed by atoms with Crippen molar-refractivity contribution in [2.24, 2.45) is 0 Å². The van der Waals surface area contributed by atoms with Crippen molar-refractivity contribution >= 4 is 11.6 Å². The minimum absolute atomic E-state index is 0.579. The number of halogens is 1. The van der Waals surface area contributed by atoms with Gasteiger partial charge in [0.25, 0.3) is 0 Å². The van der Waals surface area contributed by atoms with E-state index in [0.29, 0.717) is 12.8 Å². The van der Waals surface area contributed by atoms with Gasteiger partial charge in [0.05, 0.1) is 12.2 Å². The molecule has 0 spiro atoms. The van der Waals surface area contributed by atoms with Crippen LogP contribution >= 0.6 is 11.6 Å². The molecule has 2 unspecified atom stereocenters. The topological polar surface area (TPSA) is 40.5 Å². The second kappa shape index (κ2) is 6.24. The lowest BCUT2D eigenvalue weighted by atomic mass is 10.0. The van der Waals surface area contributed by atoms with Crippen LogP contribution < -0.4 is 0 Å². The minimum Gasteiger partial charge on any atom is -0.390 e. The van der Waals surface area contributed by atoms with Gasteiger partial charge >= 0.3 is 0 Å². The third kappa shape index (κ3) is 3.78. The predicted molar refractivity (Wildman–Crippen MR) is 66.8 cm³/mol. The fraction of sp³-hybridized carbons (Fsp3) is 0.538. The van der Waals surface area contributed by atoms with Gasteiger partial charge in [-0.2, -0.15) is 0 Å². The highest BCUT2D eigenvalue weighted by atomic mass is 35.5. The average Bonchev–Trinajstić information content (AvgIpc) is 2.29. The molecule has 0 aromatic heterocycles. The number of hydrogen-bond acceptors (Lipinski definition) is 2. The lowest BCUT2D eigenvalue weighted by molar-refractivity contribution is 0.0130. The monoisotopic (exact) mass is 242 g/mol. The third-order valence-corrected chi connectivity index (χ3v) is 3.24. The molecule has 3 heteroatoms. The van der Waals surface area contributed by atoms with E-state index in [1.165, 1.54) is 0 Å². The first-order valence-electron chi connectivity index (χ1n) is 5.65. The van der Waals surface area contributed by atoms with Gasteiger partial charge in [0.2, 0.25) is 0 Å². The molecule has 0 aliphatic heterocycles. The summed E-state index contributed by atoms with van der Waals surface area (Å²) in [5, 5.41) is 19.8. The molecule has 0 bridgehead atoms. The highest BCUT2D eigenvalue weighted by Crippen LogP contribution is 2.18. The van der Waals surface area contributed by atoms with Crippen molar-refractivity contribution < 1.29 is 10.2 Å². The lowest BCUT2D eigenvalue weighted by Gasteiger charge is -2.16. The molecule has 1 aromatic carbocycles. The number of rotatable bonds is 5. The van der Waals surface area contributed by atoms with Crippen LogP contribution in [-0.2, 0) is 6.42 Å². The summed E-state index contributed by atoms with van der Waals surface area (Å²) in [6.07, 6.45) is 0.669. The van der Waals surface area contributed by atoms with Crippen molar-refractivity contribution in [3.63, 3.8) is 0 Å². The van der Waals surface area contributed by atoms with Crippen LogP contribution in [0.25, 0.3) is 0 Å². The summed E-state index contributed by atoms with van der Waals surface area (Å²) in [7, 11) is 0. The number of hydrogen-bond donors (Lipinski definition) is 2. The van der Waals surface area contributed by atoms with Crippen molar-refractivity contribution in [1.29, 1.82) is 0 Å². The second-order valence-electron chi connectivity index (χ2n) is 4.17. The van der Waals surface area contributed by atoms with Gasteiger partial charge in [-0.05, 0) is 43.4 Å². The van der Waals surface area contributed by atoms with E-state index >= 15 is 0 Å². The zero-order valence-electron chi connectivity index (χ0n) is 9.78. The Balaban J connectivity index is 2.51. The Labute approximate surface area is 102 Å². The fourth-order valence-corrected chi connectivity index (χ4v) is 1.76. The molecule has 0 aliphatic rings. The van der Waals surface area contributed by atoms with E-state index in [1.54, 1.807) is 0 Å². The highest BCUT2D eigenvalue weighted by molar-refractivity contribution is 6.31. The molecule has 0 heterocycles. The zero-order chi connectivity index (χ0) is 12.1. The molecular formula is C13H19ClO2. The molecule has 0 saturated carbocycles. The van der Waals surface area contributed by atoms with Crippen LogP contribution in [0.2, 0.25) is 5.02 Å². The van der Waals surface area contributed by atoms with Gasteiger partial charge in [-0.1, -0.05) is 30.7 Å². The van der Waals surface area contributed by atoms with Crippen LogP contribution in [0, 0.1) is 6.92 Å². The van der Waals surface area contributed by atoms with Gasteiger partial charge in [0.15, 0.2) is 0 Å². The molecule has 90 valence electrons. The summed E-state index contributed by atoms with van der Waals surface area (Å²) in [5.41, 5.74) is 2.19.